The lowest BCUT2D eigenvalue weighted by Gasteiger charge is -2.19. The van der Waals surface area contributed by atoms with Crippen molar-refractivity contribution in [1.82, 2.24) is 14.9 Å². The van der Waals surface area contributed by atoms with E-state index in [4.69, 9.17) is 10.6 Å². The number of benzene rings is 2. The lowest BCUT2D eigenvalue weighted by molar-refractivity contribution is 0.414. The molecule has 0 radical (unpaired) electrons. The normalized spacial score (nSPS) is 11.5. The molecule has 0 aliphatic heterocycles. The van der Waals surface area contributed by atoms with Gasteiger partial charge in [0.15, 0.2) is 5.82 Å². The van der Waals surface area contributed by atoms with Crippen molar-refractivity contribution in [3.8, 4) is 17.1 Å². The van der Waals surface area contributed by atoms with E-state index in [9.17, 15) is 0 Å². The third-order valence-electron chi connectivity index (χ3n) is 4.20. The summed E-state index contributed by atoms with van der Waals surface area (Å²) in [7, 11) is 1.66. The average Bonchev–Trinajstić information content (AvgIpc) is 3.00. The van der Waals surface area contributed by atoms with Crippen LogP contribution in [0.4, 0.5) is 0 Å². The Morgan fingerprint density at radius 1 is 1.00 bits per heavy atom. The Morgan fingerprint density at radius 2 is 1.65 bits per heavy atom. The van der Waals surface area contributed by atoms with Gasteiger partial charge in [0.05, 0.1) is 7.11 Å². The maximum absolute atomic E-state index is 6.22. The molecule has 0 saturated heterocycles. The minimum Gasteiger partial charge on any atom is -0.497 e. The van der Waals surface area contributed by atoms with E-state index in [1.807, 2.05) is 36.4 Å². The number of thioether (sulfide) groups is 1. The van der Waals surface area contributed by atoms with Gasteiger partial charge in [0.1, 0.15) is 5.75 Å². The van der Waals surface area contributed by atoms with E-state index in [0.29, 0.717) is 11.0 Å². The number of methoxy groups -OCH3 is 1. The van der Waals surface area contributed by atoms with Crippen molar-refractivity contribution >= 4 is 11.8 Å². The van der Waals surface area contributed by atoms with Crippen molar-refractivity contribution in [2.24, 2.45) is 0 Å². The number of nitrogen functional groups attached to an aromatic ring is 1. The first-order valence-electron chi connectivity index (χ1n) is 8.45. The van der Waals surface area contributed by atoms with Gasteiger partial charge in [0.25, 0.3) is 0 Å². The summed E-state index contributed by atoms with van der Waals surface area (Å²) < 4.78 is 6.74. The third-order valence-corrected chi connectivity index (χ3v) is 5.21. The van der Waals surface area contributed by atoms with Gasteiger partial charge in [-0.05, 0) is 28.7 Å². The number of hydrogen-bond acceptors (Lipinski definition) is 5. The summed E-state index contributed by atoms with van der Waals surface area (Å²) in [5, 5.41) is 9.19. The van der Waals surface area contributed by atoms with Crippen LogP contribution >= 0.6 is 11.8 Å². The molecule has 0 fully saturated rings. The van der Waals surface area contributed by atoms with Gasteiger partial charge in [0.2, 0.25) is 5.16 Å². The Labute approximate surface area is 158 Å². The Morgan fingerprint density at radius 3 is 2.23 bits per heavy atom. The first-order chi connectivity index (χ1) is 12.4. The molecule has 136 valence electrons. The van der Waals surface area contributed by atoms with Crippen LogP contribution in [0.5, 0.6) is 5.75 Å². The van der Waals surface area contributed by atoms with Gasteiger partial charge in [-0.2, -0.15) is 0 Å². The molecule has 0 unspecified atom stereocenters. The Bertz CT molecular complexity index is 864. The van der Waals surface area contributed by atoms with Crippen molar-refractivity contribution in [3.05, 3.63) is 59.7 Å². The van der Waals surface area contributed by atoms with Crippen LogP contribution in [0, 0.1) is 0 Å². The Hall–Kier alpha value is -2.47. The summed E-state index contributed by atoms with van der Waals surface area (Å²) in [4.78, 5) is 0. The number of rotatable bonds is 5. The van der Waals surface area contributed by atoms with Crippen LogP contribution in [0.1, 0.15) is 31.9 Å². The molecule has 1 aromatic heterocycles. The highest BCUT2D eigenvalue weighted by molar-refractivity contribution is 7.98. The first kappa shape index (κ1) is 18.3. The maximum atomic E-state index is 6.22. The molecule has 1 heterocycles. The smallest absolute Gasteiger partial charge is 0.210 e. The number of nitrogens with two attached hydrogens (primary N) is 1. The Balaban J connectivity index is 1.73. The molecule has 0 spiro atoms. The van der Waals surface area contributed by atoms with E-state index in [1.165, 1.54) is 11.1 Å². The lowest BCUT2D eigenvalue weighted by atomic mass is 9.87. The fraction of sp³-hybridized carbons (Fsp3) is 0.300. The summed E-state index contributed by atoms with van der Waals surface area (Å²) in [6, 6.07) is 16.3. The molecule has 0 aliphatic carbocycles. The van der Waals surface area contributed by atoms with Gasteiger partial charge >= 0.3 is 0 Å². The number of hydrogen-bond donors (Lipinski definition) is 1. The van der Waals surface area contributed by atoms with Crippen LogP contribution in [0.3, 0.4) is 0 Å². The molecular formula is C20H24N4OS. The molecule has 0 atom stereocenters. The van der Waals surface area contributed by atoms with Crippen LogP contribution in [0.2, 0.25) is 0 Å². The summed E-state index contributed by atoms with van der Waals surface area (Å²) >= 11 is 1.56. The second-order valence-electron chi connectivity index (χ2n) is 7.14. The fourth-order valence-corrected chi connectivity index (χ4v) is 3.37. The predicted molar refractivity (Wildman–Crippen MR) is 107 cm³/mol. The first-order valence-corrected chi connectivity index (χ1v) is 9.44. The molecule has 3 rings (SSSR count). The molecule has 3 aromatic rings. The number of ether oxygens (including phenoxy) is 1. The highest BCUT2D eigenvalue weighted by Crippen LogP contribution is 2.27. The van der Waals surface area contributed by atoms with Crippen LogP contribution < -0.4 is 10.6 Å². The SMILES string of the molecule is COc1ccc(CSc2nnc(-c3ccc(C(C)(C)C)cc3)n2N)cc1. The summed E-state index contributed by atoms with van der Waals surface area (Å²) in [5.41, 5.74) is 3.53. The fourth-order valence-electron chi connectivity index (χ4n) is 2.56. The molecule has 0 bridgehead atoms. The molecular weight excluding hydrogens is 344 g/mol. The zero-order valence-corrected chi connectivity index (χ0v) is 16.4. The average molecular weight is 369 g/mol. The van der Waals surface area contributed by atoms with Gasteiger partial charge in [-0.1, -0.05) is 68.9 Å². The highest BCUT2D eigenvalue weighted by Gasteiger charge is 2.16. The topological polar surface area (TPSA) is 66.0 Å². The molecule has 26 heavy (non-hydrogen) atoms. The van der Waals surface area contributed by atoms with E-state index < -0.39 is 0 Å². The van der Waals surface area contributed by atoms with Gasteiger partial charge in [0, 0.05) is 11.3 Å². The molecule has 2 N–H and O–H groups in total. The summed E-state index contributed by atoms with van der Waals surface area (Å²) in [6.07, 6.45) is 0. The van der Waals surface area contributed by atoms with Gasteiger partial charge in [-0.3, -0.25) is 0 Å². The maximum Gasteiger partial charge on any atom is 0.210 e. The molecule has 2 aromatic carbocycles. The van der Waals surface area contributed by atoms with E-state index in [0.717, 1.165) is 17.1 Å². The van der Waals surface area contributed by atoms with Crippen LogP contribution in [-0.4, -0.2) is 22.0 Å². The molecule has 5 nitrogen and oxygen atoms in total. The molecule has 0 saturated carbocycles. The molecule has 6 heteroatoms. The van der Waals surface area contributed by atoms with E-state index in [2.05, 4.69) is 43.1 Å². The second kappa shape index (κ2) is 7.41. The lowest BCUT2D eigenvalue weighted by Crippen LogP contribution is -2.12. The minimum absolute atomic E-state index is 0.119. The van der Waals surface area contributed by atoms with E-state index in [1.54, 1.807) is 23.5 Å². The van der Waals surface area contributed by atoms with Crippen LogP contribution in [0.15, 0.2) is 53.7 Å². The van der Waals surface area contributed by atoms with E-state index >= 15 is 0 Å². The van der Waals surface area contributed by atoms with Crippen LogP contribution in [0.25, 0.3) is 11.4 Å². The van der Waals surface area contributed by atoms with Crippen molar-refractivity contribution in [3.63, 3.8) is 0 Å². The van der Waals surface area contributed by atoms with E-state index in [-0.39, 0.29) is 5.41 Å². The standard InChI is InChI=1S/C20H24N4OS/c1-20(2,3)16-9-7-15(8-10-16)18-22-23-19(24(18)21)26-13-14-5-11-17(25-4)12-6-14/h5-12H,13,21H2,1-4H3. The zero-order valence-electron chi connectivity index (χ0n) is 15.6. The quantitative estimate of drug-likeness (QED) is 0.538. The minimum atomic E-state index is 0.119. The Kier molecular flexibility index (Phi) is 5.23. The summed E-state index contributed by atoms with van der Waals surface area (Å²) in [6.45, 7) is 6.59. The van der Waals surface area contributed by atoms with Crippen molar-refractivity contribution in [1.29, 1.82) is 0 Å². The van der Waals surface area contributed by atoms with Crippen molar-refractivity contribution < 1.29 is 4.74 Å². The van der Waals surface area contributed by atoms with Crippen molar-refractivity contribution in [2.45, 2.75) is 37.1 Å². The largest absolute Gasteiger partial charge is 0.497 e. The van der Waals surface area contributed by atoms with Gasteiger partial charge in [-0.25, -0.2) is 4.68 Å². The molecule has 0 amide bonds. The zero-order chi connectivity index (χ0) is 18.7. The summed E-state index contributed by atoms with van der Waals surface area (Å²) in [5.74, 6) is 8.50. The monoisotopic (exact) mass is 368 g/mol. The number of nitrogens with zero attached hydrogens (tertiary/aromatic N) is 3. The second-order valence-corrected chi connectivity index (χ2v) is 8.08. The number of aromatic nitrogens is 3. The van der Waals surface area contributed by atoms with Gasteiger partial charge < -0.3 is 10.6 Å². The molecule has 0 aliphatic rings. The highest BCUT2D eigenvalue weighted by atomic mass is 32.2. The predicted octanol–water partition coefficient (Wildman–Crippen LogP) is 4.26. The van der Waals surface area contributed by atoms with Crippen molar-refractivity contribution in [2.75, 3.05) is 13.0 Å². The third kappa shape index (κ3) is 4.02. The van der Waals surface area contributed by atoms with Gasteiger partial charge in [-0.15, -0.1) is 10.2 Å². The van der Waals surface area contributed by atoms with Crippen LogP contribution in [-0.2, 0) is 11.2 Å².